The highest BCUT2D eigenvalue weighted by Gasteiger charge is 2.49. The lowest BCUT2D eigenvalue weighted by atomic mass is 9.71. The fourth-order valence-corrected chi connectivity index (χ4v) is 11.8. The van der Waals surface area contributed by atoms with Crippen LogP contribution in [0.1, 0.15) is 100 Å². The van der Waals surface area contributed by atoms with E-state index in [1.807, 2.05) is 86.6 Å². The van der Waals surface area contributed by atoms with E-state index in [0.29, 0.717) is 88.3 Å². The zero-order valence-corrected chi connectivity index (χ0v) is 45.4. The number of likely N-dealkylation sites (tertiary alicyclic amines) is 2. The van der Waals surface area contributed by atoms with Crippen molar-refractivity contribution in [1.82, 2.24) is 35.1 Å². The zero-order valence-electron chi connectivity index (χ0n) is 43.9. The summed E-state index contributed by atoms with van der Waals surface area (Å²) in [5, 5.41) is 33.5. The molecule has 2 aliphatic rings. The van der Waals surface area contributed by atoms with Crippen molar-refractivity contribution in [1.29, 1.82) is 0 Å². The summed E-state index contributed by atoms with van der Waals surface area (Å²) >= 11 is 14.3. The van der Waals surface area contributed by atoms with Crippen LogP contribution in [0.2, 0.25) is 10.0 Å². The third kappa shape index (κ3) is 12.7. The van der Waals surface area contributed by atoms with E-state index in [1.54, 1.807) is 42.1 Å². The lowest BCUT2D eigenvalue weighted by molar-refractivity contribution is -0.0781. The van der Waals surface area contributed by atoms with Gasteiger partial charge in [0.05, 0.1) is 17.7 Å². The Bertz CT molecular complexity index is 3070. The molecule has 4 unspecified atom stereocenters. The molecule has 4 heterocycles. The predicted octanol–water partition coefficient (Wildman–Crippen LogP) is 10.3. The van der Waals surface area contributed by atoms with Gasteiger partial charge in [-0.25, -0.2) is 19.6 Å². The van der Waals surface area contributed by atoms with E-state index in [9.17, 15) is 24.6 Å². The second-order valence-electron chi connectivity index (χ2n) is 20.2. The number of aryl methyl sites for hydroxylation is 2. The van der Waals surface area contributed by atoms with Crippen LogP contribution in [0.5, 0.6) is 0 Å². The number of hydrogen-bond donors (Lipinski definition) is 5. The average molecular weight is 1090 g/mol. The van der Waals surface area contributed by atoms with Gasteiger partial charge in [-0.2, -0.15) is 0 Å². The van der Waals surface area contributed by atoms with E-state index in [2.05, 4.69) is 25.8 Å². The monoisotopic (exact) mass is 1090 g/mol. The van der Waals surface area contributed by atoms with Gasteiger partial charge in [0.25, 0.3) is 11.8 Å². The molecule has 406 valence electrons. The van der Waals surface area contributed by atoms with Gasteiger partial charge in [-0.3, -0.25) is 9.59 Å². The van der Waals surface area contributed by atoms with E-state index in [-0.39, 0.29) is 75.9 Å². The molecule has 6 N–H and O–H groups in total. The van der Waals surface area contributed by atoms with Crippen molar-refractivity contribution in [2.24, 2.45) is 17.6 Å². The van der Waals surface area contributed by atoms with Gasteiger partial charge < -0.3 is 50.5 Å². The van der Waals surface area contributed by atoms with Crippen molar-refractivity contribution in [3.63, 3.8) is 0 Å². The van der Waals surface area contributed by atoms with Crippen LogP contribution in [0.15, 0.2) is 108 Å². The number of carbonyl (C=O) groups excluding carboxylic acids is 3. The van der Waals surface area contributed by atoms with Crippen molar-refractivity contribution < 1.29 is 38.7 Å². The first-order valence-corrected chi connectivity index (χ1v) is 26.9. The first-order chi connectivity index (χ1) is 37.0. The molecule has 2 aromatic heterocycles. The first kappa shape index (κ1) is 56.2. The first-order valence-electron chi connectivity index (χ1n) is 26.1. The highest BCUT2D eigenvalue weighted by molar-refractivity contribution is 6.34. The standard InChI is InChI=1S/C58H67Cl2N9O8/c1-37-13-5-15-39(29-37)50-45(19-7-21-47(50)59)57(75,42-17-9-28-69(35-42)53(71)49-31-44(32-61)77-66-49)23-12-26-67(4)56(74)76-58(24-11-25-63-55(72)73,46-20-8-22-48(60)51(46)40-16-6-14-38(2)30-40)43-18-10-27-68(36-43)52(70)41-33-64-54(62-3)65-34-41/h5-8,13-16,19-22,29-31,33-34,42-43,63,75H,9-12,17-18,23-28,32,35-36,61H2,1-4H3,(H,72,73)(H,62,64,65). The number of nitrogens with two attached hydrogens (primary N) is 1. The number of carboxylic acid groups (broad SMARTS) is 1. The Labute approximate surface area is 459 Å². The second kappa shape index (κ2) is 25.0. The molecule has 4 atom stereocenters. The number of anilines is 1. The largest absolute Gasteiger partial charge is 0.465 e. The number of nitrogens with one attached hydrogen (secondary N) is 2. The number of rotatable bonds is 19. The fraction of sp³-hybridized carbons (Fsp3) is 0.397. The number of nitrogens with zero attached hydrogens (tertiary/aromatic N) is 6. The molecule has 0 radical (unpaired) electrons. The summed E-state index contributed by atoms with van der Waals surface area (Å²) in [6, 6.07) is 28.4. The molecule has 2 aliphatic heterocycles. The van der Waals surface area contributed by atoms with E-state index in [4.69, 9.17) is 38.2 Å². The summed E-state index contributed by atoms with van der Waals surface area (Å²) in [6.45, 7) is 5.50. The smallest absolute Gasteiger partial charge is 0.410 e. The molecule has 8 rings (SSSR count). The molecule has 4 aromatic carbocycles. The number of benzene rings is 4. The van der Waals surface area contributed by atoms with Gasteiger partial charge in [-0.05, 0) is 94.0 Å². The summed E-state index contributed by atoms with van der Waals surface area (Å²) < 4.78 is 12.3. The molecule has 2 saturated heterocycles. The van der Waals surface area contributed by atoms with Crippen LogP contribution in [-0.4, -0.2) is 117 Å². The van der Waals surface area contributed by atoms with Crippen molar-refractivity contribution in [3.05, 3.63) is 153 Å². The summed E-state index contributed by atoms with van der Waals surface area (Å²) in [5.74, 6) is -0.844. The zero-order chi connectivity index (χ0) is 54.9. The minimum absolute atomic E-state index is 0.0550. The number of aromatic nitrogens is 3. The Morgan fingerprint density at radius 1 is 0.805 bits per heavy atom. The Kier molecular flexibility index (Phi) is 18.2. The number of carbonyl (C=O) groups is 4. The molecule has 6 aromatic rings. The van der Waals surface area contributed by atoms with Crippen molar-refractivity contribution in [3.8, 4) is 22.3 Å². The number of hydrogen-bond acceptors (Lipinski definition) is 12. The van der Waals surface area contributed by atoms with Crippen LogP contribution >= 0.6 is 23.2 Å². The van der Waals surface area contributed by atoms with E-state index in [1.165, 1.54) is 17.3 Å². The molecule has 0 spiro atoms. The van der Waals surface area contributed by atoms with Gasteiger partial charge >= 0.3 is 12.2 Å². The molecule has 2 fully saturated rings. The van der Waals surface area contributed by atoms with Crippen LogP contribution in [0.4, 0.5) is 15.5 Å². The summed E-state index contributed by atoms with van der Waals surface area (Å²) in [7, 11) is 3.34. The minimum atomic E-state index is -1.57. The van der Waals surface area contributed by atoms with Gasteiger partial charge in [0.15, 0.2) is 11.5 Å². The number of amides is 4. The van der Waals surface area contributed by atoms with Crippen LogP contribution in [0, 0.1) is 25.7 Å². The lowest BCUT2D eigenvalue weighted by Crippen LogP contribution is -2.51. The summed E-state index contributed by atoms with van der Waals surface area (Å²) in [6.07, 6.45) is 4.27. The Morgan fingerprint density at radius 3 is 1.99 bits per heavy atom. The van der Waals surface area contributed by atoms with Crippen molar-refractivity contribution >= 4 is 53.2 Å². The molecule has 0 aliphatic carbocycles. The van der Waals surface area contributed by atoms with Crippen LogP contribution < -0.4 is 16.4 Å². The number of piperidine rings is 2. The maximum atomic E-state index is 15.2. The summed E-state index contributed by atoms with van der Waals surface area (Å²) in [5.41, 5.74) is 9.34. The lowest BCUT2D eigenvalue weighted by Gasteiger charge is -2.46. The topological polar surface area (TPSA) is 230 Å². The maximum absolute atomic E-state index is 15.2. The van der Waals surface area contributed by atoms with Gasteiger partial charge in [0, 0.05) is 110 Å². The van der Waals surface area contributed by atoms with Gasteiger partial charge in [0.1, 0.15) is 5.60 Å². The number of aliphatic hydroxyl groups is 1. The SMILES string of the molecule is CNc1ncc(C(=O)N2CCCC(C(CCCNC(=O)O)(OC(=O)N(C)CCCC(O)(c3cccc(Cl)c3-c3cccc(C)c3)C3CCCN(C(=O)c4cc(CN)on4)C3)c3cccc(Cl)c3-c3cccc(C)c3)C2)cn1. The van der Waals surface area contributed by atoms with Crippen LogP contribution in [-0.2, 0) is 22.5 Å². The number of ether oxygens (including phenoxy) is 1. The third-order valence-electron chi connectivity index (χ3n) is 15.1. The molecule has 0 saturated carbocycles. The Morgan fingerprint density at radius 2 is 1.39 bits per heavy atom. The molecule has 0 bridgehead atoms. The van der Waals surface area contributed by atoms with Gasteiger partial charge in [0.2, 0.25) is 5.95 Å². The Balaban J connectivity index is 1.15. The molecule has 19 heteroatoms. The molecular weight excluding hydrogens is 1020 g/mol. The molecule has 4 amide bonds. The van der Waals surface area contributed by atoms with Gasteiger partial charge in [-0.15, -0.1) is 0 Å². The van der Waals surface area contributed by atoms with E-state index >= 15 is 4.79 Å². The van der Waals surface area contributed by atoms with Crippen molar-refractivity contribution in [2.75, 3.05) is 58.7 Å². The summed E-state index contributed by atoms with van der Waals surface area (Å²) in [4.78, 5) is 68.8. The highest BCUT2D eigenvalue weighted by atomic mass is 35.5. The Hall–Kier alpha value is -7.05. The van der Waals surface area contributed by atoms with Crippen molar-refractivity contribution in [2.45, 2.75) is 83.0 Å². The highest BCUT2D eigenvalue weighted by Crippen LogP contribution is 2.50. The molecule has 77 heavy (non-hydrogen) atoms. The van der Waals surface area contributed by atoms with Gasteiger partial charge in [-0.1, -0.05) is 112 Å². The second-order valence-corrected chi connectivity index (χ2v) is 21.0. The predicted molar refractivity (Wildman–Crippen MR) is 296 cm³/mol. The van der Waals surface area contributed by atoms with E-state index < -0.39 is 35.2 Å². The fourth-order valence-electron chi connectivity index (χ4n) is 11.2. The molecule has 17 nitrogen and oxygen atoms in total. The molecular formula is C58H67Cl2N9O8. The third-order valence-corrected chi connectivity index (χ3v) is 15.7. The average Bonchev–Trinajstić information content (AvgIpc) is 3.98. The minimum Gasteiger partial charge on any atom is -0.465 e. The van der Waals surface area contributed by atoms with E-state index in [0.717, 1.165) is 22.3 Å². The van der Waals surface area contributed by atoms with Crippen LogP contribution in [0.25, 0.3) is 22.3 Å². The van der Waals surface area contributed by atoms with Crippen LogP contribution in [0.3, 0.4) is 0 Å². The quantitative estimate of drug-likeness (QED) is 0.0476. The number of halogens is 2. The normalized spacial score (nSPS) is 17.2. The maximum Gasteiger partial charge on any atom is 0.410 e.